The molecule has 1 fully saturated rings. The van der Waals surface area contributed by atoms with Crippen LogP contribution in [-0.4, -0.2) is 67.8 Å². The molecule has 3 N–H and O–H groups in total. The van der Waals surface area contributed by atoms with Crippen LogP contribution in [0.3, 0.4) is 0 Å². The molecule has 0 bridgehead atoms. The van der Waals surface area contributed by atoms with Crippen LogP contribution in [0, 0.1) is 0 Å². The summed E-state index contributed by atoms with van der Waals surface area (Å²) >= 11 is 1.36. The lowest BCUT2D eigenvalue weighted by molar-refractivity contribution is -0.120. The van der Waals surface area contributed by atoms with Crippen molar-refractivity contribution >= 4 is 28.3 Å². The Labute approximate surface area is 190 Å². The minimum atomic E-state index is -0.642. The van der Waals surface area contributed by atoms with E-state index in [4.69, 9.17) is 24.7 Å². The maximum Gasteiger partial charge on any atom is 0.257 e. The van der Waals surface area contributed by atoms with E-state index in [0.717, 1.165) is 18.8 Å². The van der Waals surface area contributed by atoms with Crippen LogP contribution >= 0.6 is 11.3 Å². The van der Waals surface area contributed by atoms with Crippen LogP contribution in [0.1, 0.15) is 29.9 Å². The van der Waals surface area contributed by atoms with Crippen molar-refractivity contribution in [3.8, 4) is 17.2 Å². The number of primary amides is 1. The minimum Gasteiger partial charge on any atom is -0.493 e. The SMILES string of the molecule is COc1cc(C(=O)Nc2nc(CN3CC(C)OC(C)C3)cs2)cc(OC)c1OCC(N)=O. The first-order chi connectivity index (χ1) is 15.3. The van der Waals surface area contributed by atoms with Crippen LogP contribution in [0.4, 0.5) is 5.13 Å². The fourth-order valence-corrected chi connectivity index (χ4v) is 4.24. The first-order valence-electron chi connectivity index (χ1n) is 10.1. The van der Waals surface area contributed by atoms with Crippen LogP contribution in [-0.2, 0) is 16.1 Å². The highest BCUT2D eigenvalue weighted by Gasteiger charge is 2.23. The zero-order valence-corrected chi connectivity index (χ0v) is 19.4. The number of nitrogens with one attached hydrogen (secondary N) is 1. The van der Waals surface area contributed by atoms with E-state index in [2.05, 4.69) is 29.0 Å². The Balaban J connectivity index is 1.70. The third kappa shape index (κ3) is 6.09. The van der Waals surface area contributed by atoms with Gasteiger partial charge in [-0.15, -0.1) is 11.3 Å². The van der Waals surface area contributed by atoms with Crippen molar-refractivity contribution in [3.05, 3.63) is 28.8 Å². The van der Waals surface area contributed by atoms with Crippen LogP contribution in [0.5, 0.6) is 17.2 Å². The normalized spacial score (nSPS) is 18.8. The molecule has 174 valence electrons. The standard InChI is InChI=1S/C21H28N4O6S/c1-12-7-25(8-13(2)31-12)9-15-11-32-21(23-15)24-20(27)14-5-16(28-3)19(17(6-14)29-4)30-10-18(22)26/h5-6,11-13H,7-10H2,1-4H3,(H2,22,26)(H,23,24,27). The van der Waals surface area contributed by atoms with Crippen molar-refractivity contribution in [2.75, 3.05) is 39.2 Å². The monoisotopic (exact) mass is 464 g/mol. The molecule has 1 aliphatic rings. The van der Waals surface area contributed by atoms with Crippen molar-refractivity contribution in [2.45, 2.75) is 32.6 Å². The number of nitrogens with zero attached hydrogens (tertiary/aromatic N) is 2. The Kier molecular flexibility index (Phi) is 7.89. The van der Waals surface area contributed by atoms with Gasteiger partial charge in [0.1, 0.15) is 0 Å². The zero-order chi connectivity index (χ0) is 23.3. The van der Waals surface area contributed by atoms with Gasteiger partial charge in [-0.3, -0.25) is 19.8 Å². The summed E-state index contributed by atoms with van der Waals surface area (Å²) in [6.45, 7) is 6.14. The molecule has 10 nitrogen and oxygen atoms in total. The molecule has 0 spiro atoms. The summed E-state index contributed by atoms with van der Waals surface area (Å²) in [7, 11) is 2.85. The van der Waals surface area contributed by atoms with Gasteiger partial charge in [-0.25, -0.2) is 4.98 Å². The Morgan fingerprint density at radius 1 is 1.22 bits per heavy atom. The van der Waals surface area contributed by atoms with Gasteiger partial charge in [0.05, 0.1) is 32.1 Å². The highest BCUT2D eigenvalue weighted by molar-refractivity contribution is 7.14. The predicted molar refractivity (Wildman–Crippen MR) is 120 cm³/mol. The van der Waals surface area contributed by atoms with Gasteiger partial charge < -0.3 is 24.7 Å². The molecule has 0 aliphatic carbocycles. The van der Waals surface area contributed by atoms with Crippen LogP contribution in [0.2, 0.25) is 0 Å². The molecule has 11 heteroatoms. The lowest BCUT2D eigenvalue weighted by Gasteiger charge is -2.34. The van der Waals surface area contributed by atoms with Crippen molar-refractivity contribution in [3.63, 3.8) is 0 Å². The van der Waals surface area contributed by atoms with E-state index in [1.807, 2.05) is 5.38 Å². The summed E-state index contributed by atoms with van der Waals surface area (Å²) in [5.41, 5.74) is 6.31. The third-order valence-corrected chi connectivity index (χ3v) is 5.54. The third-order valence-electron chi connectivity index (χ3n) is 4.73. The maximum atomic E-state index is 12.8. The van der Waals surface area contributed by atoms with Gasteiger partial charge in [-0.2, -0.15) is 0 Å². The molecule has 1 aliphatic heterocycles. The van der Waals surface area contributed by atoms with Gasteiger partial charge >= 0.3 is 0 Å². The van der Waals surface area contributed by atoms with Crippen molar-refractivity contribution < 1.29 is 28.5 Å². The van der Waals surface area contributed by atoms with Gasteiger partial charge in [0.15, 0.2) is 23.2 Å². The van der Waals surface area contributed by atoms with Crippen molar-refractivity contribution in [1.29, 1.82) is 0 Å². The number of thiazole rings is 1. The number of nitrogens with two attached hydrogens (primary N) is 1. The average Bonchev–Trinajstić information content (AvgIpc) is 3.17. The second-order valence-electron chi connectivity index (χ2n) is 7.51. The van der Waals surface area contributed by atoms with Crippen LogP contribution in [0.25, 0.3) is 0 Å². The fraction of sp³-hybridized carbons (Fsp3) is 0.476. The number of anilines is 1. The van der Waals surface area contributed by atoms with E-state index in [1.54, 1.807) is 0 Å². The molecule has 1 saturated heterocycles. The highest BCUT2D eigenvalue weighted by Crippen LogP contribution is 2.38. The lowest BCUT2D eigenvalue weighted by atomic mass is 10.1. The van der Waals surface area contributed by atoms with E-state index in [0.29, 0.717) is 11.7 Å². The number of morpholine rings is 1. The predicted octanol–water partition coefficient (Wildman–Crippen LogP) is 1.89. The number of methoxy groups -OCH3 is 2. The van der Waals surface area contributed by atoms with Crippen LogP contribution < -0.4 is 25.3 Å². The number of benzene rings is 1. The first-order valence-corrected chi connectivity index (χ1v) is 11.0. The topological polar surface area (TPSA) is 125 Å². The highest BCUT2D eigenvalue weighted by atomic mass is 32.1. The Morgan fingerprint density at radius 3 is 2.41 bits per heavy atom. The molecule has 32 heavy (non-hydrogen) atoms. The Morgan fingerprint density at radius 2 is 1.84 bits per heavy atom. The number of carbonyl (C=O) groups excluding carboxylic acids is 2. The van der Waals surface area contributed by atoms with Gasteiger partial charge in [0.25, 0.3) is 11.8 Å². The maximum absolute atomic E-state index is 12.8. The number of rotatable bonds is 9. The first kappa shape index (κ1) is 23.8. The molecule has 2 heterocycles. The summed E-state index contributed by atoms with van der Waals surface area (Å²) in [6, 6.07) is 3.00. The summed E-state index contributed by atoms with van der Waals surface area (Å²) in [5.74, 6) is -0.345. The number of carbonyl (C=O) groups is 2. The molecule has 2 atom stereocenters. The molecular formula is C21H28N4O6S. The van der Waals surface area contributed by atoms with E-state index >= 15 is 0 Å². The fourth-order valence-electron chi connectivity index (χ4n) is 3.55. The summed E-state index contributed by atoms with van der Waals surface area (Å²) in [6.07, 6.45) is 0.355. The Bertz CT molecular complexity index is 931. The summed E-state index contributed by atoms with van der Waals surface area (Å²) in [5, 5.41) is 5.23. The van der Waals surface area contributed by atoms with Gasteiger partial charge in [-0.1, -0.05) is 0 Å². The van der Waals surface area contributed by atoms with Crippen molar-refractivity contribution in [1.82, 2.24) is 9.88 Å². The number of hydrogen-bond acceptors (Lipinski definition) is 9. The smallest absolute Gasteiger partial charge is 0.257 e. The largest absolute Gasteiger partial charge is 0.493 e. The quantitative estimate of drug-likeness (QED) is 0.576. The van der Waals surface area contributed by atoms with E-state index in [-0.39, 0.29) is 47.5 Å². The lowest BCUT2D eigenvalue weighted by Crippen LogP contribution is -2.44. The molecule has 2 amide bonds. The number of hydrogen-bond donors (Lipinski definition) is 2. The molecule has 0 saturated carbocycles. The number of aromatic nitrogens is 1. The second-order valence-corrected chi connectivity index (χ2v) is 8.37. The second kappa shape index (κ2) is 10.6. The number of ether oxygens (including phenoxy) is 4. The Hall–Kier alpha value is -2.89. The summed E-state index contributed by atoms with van der Waals surface area (Å²) in [4.78, 5) is 30.7. The molecular weight excluding hydrogens is 436 g/mol. The molecule has 2 unspecified atom stereocenters. The van der Waals surface area contributed by atoms with E-state index < -0.39 is 5.91 Å². The molecule has 0 radical (unpaired) electrons. The molecule has 1 aromatic heterocycles. The van der Waals surface area contributed by atoms with Crippen molar-refractivity contribution in [2.24, 2.45) is 5.73 Å². The van der Waals surface area contributed by atoms with Gasteiger partial charge in [0.2, 0.25) is 5.75 Å². The van der Waals surface area contributed by atoms with Gasteiger partial charge in [-0.05, 0) is 26.0 Å². The van der Waals surface area contributed by atoms with E-state index in [9.17, 15) is 9.59 Å². The molecule has 3 rings (SSSR count). The molecule has 1 aromatic carbocycles. The zero-order valence-electron chi connectivity index (χ0n) is 18.5. The van der Waals surface area contributed by atoms with Crippen LogP contribution in [0.15, 0.2) is 17.5 Å². The summed E-state index contributed by atoms with van der Waals surface area (Å²) < 4.78 is 21.7. The van der Waals surface area contributed by atoms with Gasteiger partial charge in [0, 0.05) is 30.6 Å². The number of amides is 2. The molecule has 2 aromatic rings. The average molecular weight is 465 g/mol. The minimum absolute atomic E-state index is 0.177. The van der Waals surface area contributed by atoms with E-state index in [1.165, 1.54) is 37.7 Å².